The van der Waals surface area contributed by atoms with Gasteiger partial charge in [-0.05, 0) is 42.1 Å². The van der Waals surface area contributed by atoms with Crippen molar-refractivity contribution >= 4 is 28.0 Å². The minimum absolute atomic E-state index is 0.170. The number of benzene rings is 2. The Balaban J connectivity index is 1.40. The third-order valence-electron chi connectivity index (χ3n) is 5.36. The first-order chi connectivity index (χ1) is 15.6. The van der Waals surface area contributed by atoms with Crippen molar-refractivity contribution in [1.82, 2.24) is 15.1 Å². The number of carbonyl (C=O) groups is 1. The number of hydrogen-bond donors (Lipinski definition) is 1. The smallest absolute Gasteiger partial charge is 0.275 e. The second-order valence-corrected chi connectivity index (χ2v) is 8.47. The molecule has 1 aliphatic heterocycles. The first-order valence-corrected chi connectivity index (χ1v) is 11.2. The van der Waals surface area contributed by atoms with Gasteiger partial charge in [0.25, 0.3) is 5.56 Å². The molecular formula is C24H21N3O4S. The number of ether oxygens (including phenoxy) is 2. The van der Waals surface area contributed by atoms with E-state index in [0.717, 1.165) is 15.8 Å². The van der Waals surface area contributed by atoms with Crippen LogP contribution in [0.1, 0.15) is 18.5 Å². The number of nitrogens with one attached hydrogen (secondary N) is 1. The van der Waals surface area contributed by atoms with E-state index in [1.807, 2.05) is 60.8 Å². The van der Waals surface area contributed by atoms with Gasteiger partial charge in [-0.3, -0.25) is 9.59 Å². The molecule has 5 rings (SSSR count). The standard InChI is InChI=1S/C24H21N3O4S/c1-15(16-8-9-19-20(13-16)31-11-10-30-19)25-22(28)14-27-24(29)18-6-3-2-5-17(18)23(26-27)21-7-4-12-32-21/h2-9,12-13,15H,10-11,14H2,1H3,(H,25,28). The number of rotatable bonds is 5. The summed E-state index contributed by atoms with van der Waals surface area (Å²) in [5.74, 6) is 1.07. The van der Waals surface area contributed by atoms with Crippen LogP contribution in [0.3, 0.4) is 0 Å². The Hall–Kier alpha value is -3.65. The lowest BCUT2D eigenvalue weighted by molar-refractivity contribution is -0.122. The topological polar surface area (TPSA) is 82.5 Å². The zero-order valence-electron chi connectivity index (χ0n) is 17.4. The highest BCUT2D eigenvalue weighted by molar-refractivity contribution is 7.13. The molecular weight excluding hydrogens is 426 g/mol. The molecule has 162 valence electrons. The molecule has 0 aliphatic carbocycles. The highest BCUT2D eigenvalue weighted by atomic mass is 32.1. The van der Waals surface area contributed by atoms with Crippen molar-refractivity contribution in [1.29, 1.82) is 0 Å². The zero-order valence-corrected chi connectivity index (χ0v) is 18.2. The van der Waals surface area contributed by atoms with Crippen LogP contribution in [0.25, 0.3) is 21.3 Å². The van der Waals surface area contributed by atoms with Gasteiger partial charge in [0.15, 0.2) is 11.5 Å². The molecule has 1 aliphatic rings. The maximum Gasteiger partial charge on any atom is 0.275 e. The molecule has 8 heteroatoms. The number of fused-ring (bicyclic) bond motifs is 2. The van der Waals surface area contributed by atoms with Crippen LogP contribution < -0.4 is 20.3 Å². The van der Waals surface area contributed by atoms with Gasteiger partial charge in [0.2, 0.25) is 5.91 Å². The Kier molecular flexibility index (Phi) is 5.36. The van der Waals surface area contributed by atoms with Crippen molar-refractivity contribution in [3.63, 3.8) is 0 Å². The molecule has 0 bridgehead atoms. The van der Waals surface area contributed by atoms with Gasteiger partial charge in [0, 0.05) is 5.39 Å². The second kappa shape index (κ2) is 8.47. The van der Waals surface area contributed by atoms with Gasteiger partial charge in [-0.2, -0.15) is 5.10 Å². The van der Waals surface area contributed by atoms with Gasteiger partial charge >= 0.3 is 0 Å². The quantitative estimate of drug-likeness (QED) is 0.504. The molecule has 0 fully saturated rings. The Bertz CT molecular complexity index is 1350. The van der Waals surface area contributed by atoms with Crippen LogP contribution in [0.2, 0.25) is 0 Å². The van der Waals surface area contributed by atoms with Crippen LogP contribution in [0.5, 0.6) is 11.5 Å². The predicted molar refractivity (Wildman–Crippen MR) is 123 cm³/mol. The summed E-state index contributed by atoms with van der Waals surface area (Å²) in [5.41, 5.74) is 1.30. The van der Waals surface area contributed by atoms with Crippen LogP contribution >= 0.6 is 11.3 Å². The molecule has 0 saturated heterocycles. The lowest BCUT2D eigenvalue weighted by Gasteiger charge is -2.21. The number of thiophene rings is 1. The fourth-order valence-electron chi connectivity index (χ4n) is 3.77. The number of carbonyl (C=O) groups excluding carboxylic acids is 1. The zero-order chi connectivity index (χ0) is 22.1. The summed E-state index contributed by atoms with van der Waals surface area (Å²) in [4.78, 5) is 26.7. The van der Waals surface area contributed by atoms with Crippen LogP contribution in [-0.2, 0) is 11.3 Å². The summed E-state index contributed by atoms with van der Waals surface area (Å²) in [6.07, 6.45) is 0. The fraction of sp³-hybridized carbons (Fsp3) is 0.208. The molecule has 32 heavy (non-hydrogen) atoms. The lowest BCUT2D eigenvalue weighted by Crippen LogP contribution is -2.35. The summed E-state index contributed by atoms with van der Waals surface area (Å²) >= 11 is 1.54. The van der Waals surface area contributed by atoms with Crippen molar-refractivity contribution in [2.24, 2.45) is 0 Å². The van der Waals surface area contributed by atoms with Gasteiger partial charge in [-0.1, -0.05) is 30.3 Å². The van der Waals surface area contributed by atoms with Crippen molar-refractivity contribution in [3.8, 4) is 22.1 Å². The molecule has 1 N–H and O–H groups in total. The van der Waals surface area contributed by atoms with E-state index in [1.165, 1.54) is 4.68 Å². The van der Waals surface area contributed by atoms with E-state index in [-0.39, 0.29) is 24.1 Å². The van der Waals surface area contributed by atoms with Gasteiger partial charge in [-0.25, -0.2) is 4.68 Å². The molecule has 7 nitrogen and oxygen atoms in total. The fourth-order valence-corrected chi connectivity index (χ4v) is 4.50. The minimum atomic E-state index is -0.297. The maximum atomic E-state index is 13.0. The van der Waals surface area contributed by atoms with E-state index in [4.69, 9.17) is 9.47 Å². The van der Waals surface area contributed by atoms with Crippen LogP contribution in [0.4, 0.5) is 0 Å². The predicted octanol–water partition coefficient (Wildman–Crippen LogP) is 3.77. The molecule has 0 saturated carbocycles. The summed E-state index contributed by atoms with van der Waals surface area (Å²) < 4.78 is 12.4. The maximum absolute atomic E-state index is 13.0. The first kappa shape index (κ1) is 20.3. The minimum Gasteiger partial charge on any atom is -0.486 e. The van der Waals surface area contributed by atoms with Gasteiger partial charge in [0.1, 0.15) is 25.5 Å². The van der Waals surface area contributed by atoms with Crippen molar-refractivity contribution in [2.75, 3.05) is 13.2 Å². The molecule has 2 aromatic carbocycles. The van der Waals surface area contributed by atoms with Gasteiger partial charge in [0.05, 0.1) is 16.3 Å². The highest BCUT2D eigenvalue weighted by Gasteiger charge is 2.18. The molecule has 1 unspecified atom stereocenters. The van der Waals surface area contributed by atoms with Gasteiger partial charge in [-0.15, -0.1) is 11.3 Å². The summed E-state index contributed by atoms with van der Waals surface area (Å²) in [5, 5.41) is 10.8. The van der Waals surface area contributed by atoms with Crippen LogP contribution in [0.15, 0.2) is 64.8 Å². The van der Waals surface area contributed by atoms with Crippen molar-refractivity contribution in [3.05, 3.63) is 75.9 Å². The monoisotopic (exact) mass is 447 g/mol. The normalized spacial score (nSPS) is 13.7. The Morgan fingerprint density at radius 2 is 1.88 bits per heavy atom. The number of nitrogens with zero attached hydrogens (tertiary/aromatic N) is 2. The summed E-state index contributed by atoms with van der Waals surface area (Å²) in [6, 6.07) is 16.6. The molecule has 1 atom stereocenters. The van der Waals surface area contributed by atoms with E-state index in [0.29, 0.717) is 35.8 Å². The molecule has 4 aromatic rings. The Morgan fingerprint density at radius 1 is 1.09 bits per heavy atom. The van der Waals surface area contributed by atoms with Crippen LogP contribution in [0, 0.1) is 0 Å². The third kappa shape index (κ3) is 3.85. The summed E-state index contributed by atoms with van der Waals surface area (Å²) in [6.45, 7) is 2.74. The van der Waals surface area contributed by atoms with E-state index < -0.39 is 0 Å². The van der Waals surface area contributed by atoms with E-state index >= 15 is 0 Å². The third-order valence-corrected chi connectivity index (χ3v) is 6.24. The lowest BCUT2D eigenvalue weighted by atomic mass is 10.1. The van der Waals surface area contributed by atoms with Crippen molar-refractivity contribution in [2.45, 2.75) is 19.5 Å². The molecule has 0 radical (unpaired) electrons. The first-order valence-electron chi connectivity index (χ1n) is 10.3. The number of aromatic nitrogens is 2. The van der Waals surface area contributed by atoms with Crippen LogP contribution in [-0.4, -0.2) is 28.9 Å². The molecule has 1 amide bonds. The largest absolute Gasteiger partial charge is 0.486 e. The summed E-state index contributed by atoms with van der Waals surface area (Å²) in [7, 11) is 0. The molecule has 3 heterocycles. The molecule has 2 aromatic heterocycles. The van der Waals surface area contributed by atoms with E-state index in [2.05, 4.69) is 10.4 Å². The van der Waals surface area contributed by atoms with E-state index in [9.17, 15) is 9.59 Å². The SMILES string of the molecule is CC(NC(=O)Cn1nc(-c2cccs2)c2ccccc2c1=O)c1ccc2c(c1)OCCO2. The van der Waals surface area contributed by atoms with Gasteiger partial charge < -0.3 is 14.8 Å². The Labute approximate surface area is 188 Å². The van der Waals surface area contributed by atoms with E-state index in [1.54, 1.807) is 17.4 Å². The molecule has 0 spiro atoms. The average Bonchev–Trinajstić information content (AvgIpc) is 3.35. The highest BCUT2D eigenvalue weighted by Crippen LogP contribution is 2.32. The average molecular weight is 448 g/mol. The number of hydrogen-bond acceptors (Lipinski definition) is 6. The van der Waals surface area contributed by atoms with Crippen molar-refractivity contribution < 1.29 is 14.3 Å². The number of amides is 1. The second-order valence-electron chi connectivity index (χ2n) is 7.53. The Morgan fingerprint density at radius 3 is 2.66 bits per heavy atom.